The van der Waals surface area contributed by atoms with Gasteiger partial charge in [0.05, 0.1) is 13.2 Å². The Kier molecular flexibility index (Phi) is 4.01. The molecule has 0 amide bonds. The number of rotatable bonds is 5. The summed E-state index contributed by atoms with van der Waals surface area (Å²) in [5, 5.41) is 7.59. The average Bonchev–Trinajstić information content (AvgIpc) is 2.90. The lowest BCUT2D eigenvalue weighted by molar-refractivity contribution is 0.415. The number of methoxy groups -OCH3 is 1. The lowest BCUT2D eigenvalue weighted by Crippen LogP contribution is -2.19. The van der Waals surface area contributed by atoms with Crippen LogP contribution in [0.2, 0.25) is 0 Å². The van der Waals surface area contributed by atoms with Crippen LogP contribution in [-0.4, -0.2) is 13.7 Å². The Hall–Kier alpha value is -1.52. The highest BCUT2D eigenvalue weighted by molar-refractivity contribution is 7.08. The second-order valence-corrected chi connectivity index (χ2v) is 4.50. The first-order chi connectivity index (χ1) is 8.33. The topological polar surface area (TPSA) is 47.3 Å². The fourth-order valence-corrected chi connectivity index (χ4v) is 2.35. The highest BCUT2D eigenvalue weighted by Crippen LogP contribution is 2.22. The molecule has 4 heteroatoms. The summed E-state index contributed by atoms with van der Waals surface area (Å²) in [5.41, 5.74) is 8.06. The second kappa shape index (κ2) is 5.70. The second-order valence-electron chi connectivity index (χ2n) is 3.72. The molecule has 0 radical (unpaired) electrons. The molecular formula is C13H16N2OS. The molecule has 1 aromatic carbocycles. The zero-order valence-electron chi connectivity index (χ0n) is 9.72. The summed E-state index contributed by atoms with van der Waals surface area (Å²) in [6, 6.07) is 10.1. The van der Waals surface area contributed by atoms with Crippen LogP contribution in [0, 0.1) is 0 Å². The van der Waals surface area contributed by atoms with Crippen LogP contribution >= 0.6 is 11.3 Å². The summed E-state index contributed by atoms with van der Waals surface area (Å²) < 4.78 is 5.12. The summed E-state index contributed by atoms with van der Waals surface area (Å²) in [6.45, 7) is 0.572. The molecule has 2 aromatic rings. The van der Waals surface area contributed by atoms with E-state index in [1.165, 1.54) is 5.56 Å². The van der Waals surface area contributed by atoms with Crippen molar-refractivity contribution in [3.05, 3.63) is 46.7 Å². The Labute approximate surface area is 105 Å². The first kappa shape index (κ1) is 12.0. The molecule has 0 saturated carbocycles. The van der Waals surface area contributed by atoms with E-state index >= 15 is 0 Å². The van der Waals surface area contributed by atoms with E-state index < -0.39 is 0 Å². The van der Waals surface area contributed by atoms with Crippen molar-refractivity contribution in [1.82, 2.24) is 0 Å². The monoisotopic (exact) mass is 248 g/mol. The van der Waals surface area contributed by atoms with Gasteiger partial charge in [0.15, 0.2) is 0 Å². The zero-order valence-corrected chi connectivity index (χ0v) is 10.5. The van der Waals surface area contributed by atoms with Gasteiger partial charge in [-0.05, 0) is 46.7 Å². The van der Waals surface area contributed by atoms with Crippen molar-refractivity contribution in [3.63, 3.8) is 0 Å². The summed E-state index contributed by atoms with van der Waals surface area (Å²) >= 11 is 1.68. The smallest absolute Gasteiger partial charge is 0.119 e. The van der Waals surface area contributed by atoms with Gasteiger partial charge in [0, 0.05) is 12.2 Å². The molecule has 0 saturated heterocycles. The minimum absolute atomic E-state index is 0.162. The van der Waals surface area contributed by atoms with Crippen molar-refractivity contribution in [3.8, 4) is 5.75 Å². The first-order valence-corrected chi connectivity index (χ1v) is 6.40. The van der Waals surface area contributed by atoms with Crippen LogP contribution < -0.4 is 15.8 Å². The molecule has 0 bridgehead atoms. The third-order valence-corrected chi connectivity index (χ3v) is 3.31. The van der Waals surface area contributed by atoms with Crippen LogP contribution in [0.5, 0.6) is 5.75 Å². The SMILES string of the molecule is COc1ccc(NC(CN)c2ccsc2)cc1. The van der Waals surface area contributed by atoms with Crippen molar-refractivity contribution in [2.45, 2.75) is 6.04 Å². The van der Waals surface area contributed by atoms with Crippen molar-refractivity contribution >= 4 is 17.0 Å². The molecule has 3 nitrogen and oxygen atoms in total. The van der Waals surface area contributed by atoms with Crippen LogP contribution in [0.15, 0.2) is 41.1 Å². The fourth-order valence-electron chi connectivity index (χ4n) is 1.64. The number of hydrogen-bond donors (Lipinski definition) is 2. The Morgan fingerprint density at radius 3 is 2.59 bits per heavy atom. The van der Waals surface area contributed by atoms with Gasteiger partial charge in [-0.1, -0.05) is 0 Å². The number of nitrogens with two attached hydrogens (primary N) is 1. The number of benzene rings is 1. The Balaban J connectivity index is 2.07. The maximum atomic E-state index is 5.79. The van der Waals surface area contributed by atoms with Crippen LogP contribution in [0.4, 0.5) is 5.69 Å². The molecule has 2 rings (SSSR count). The maximum Gasteiger partial charge on any atom is 0.119 e. The van der Waals surface area contributed by atoms with Gasteiger partial charge < -0.3 is 15.8 Å². The predicted octanol–water partition coefficient (Wildman–Crippen LogP) is 2.87. The van der Waals surface area contributed by atoms with E-state index in [9.17, 15) is 0 Å². The standard InChI is InChI=1S/C13H16N2OS/c1-16-12-4-2-11(3-5-12)15-13(8-14)10-6-7-17-9-10/h2-7,9,13,15H,8,14H2,1H3. The molecule has 1 aromatic heterocycles. The predicted molar refractivity (Wildman–Crippen MR) is 72.7 cm³/mol. The van der Waals surface area contributed by atoms with Crippen LogP contribution in [0.1, 0.15) is 11.6 Å². The number of ether oxygens (including phenoxy) is 1. The van der Waals surface area contributed by atoms with Crippen LogP contribution in [0.25, 0.3) is 0 Å². The molecular weight excluding hydrogens is 232 g/mol. The van der Waals surface area contributed by atoms with E-state index in [0.717, 1.165) is 11.4 Å². The minimum Gasteiger partial charge on any atom is -0.497 e. The molecule has 0 spiro atoms. The fraction of sp³-hybridized carbons (Fsp3) is 0.231. The van der Waals surface area contributed by atoms with Gasteiger partial charge in [0.2, 0.25) is 0 Å². The van der Waals surface area contributed by atoms with Crippen molar-refractivity contribution < 1.29 is 4.74 Å². The van der Waals surface area contributed by atoms with E-state index in [0.29, 0.717) is 6.54 Å². The normalized spacial score (nSPS) is 12.1. The van der Waals surface area contributed by atoms with Gasteiger partial charge in [0.1, 0.15) is 5.75 Å². The first-order valence-electron chi connectivity index (χ1n) is 5.46. The number of hydrogen-bond acceptors (Lipinski definition) is 4. The zero-order chi connectivity index (χ0) is 12.1. The molecule has 0 aliphatic rings. The summed E-state index contributed by atoms with van der Waals surface area (Å²) in [5.74, 6) is 0.857. The summed E-state index contributed by atoms with van der Waals surface area (Å²) in [6.07, 6.45) is 0. The highest BCUT2D eigenvalue weighted by atomic mass is 32.1. The third-order valence-electron chi connectivity index (χ3n) is 2.61. The van der Waals surface area contributed by atoms with Crippen molar-refractivity contribution in [2.24, 2.45) is 5.73 Å². The van der Waals surface area contributed by atoms with Crippen molar-refractivity contribution in [1.29, 1.82) is 0 Å². The largest absolute Gasteiger partial charge is 0.497 e. The molecule has 0 aliphatic heterocycles. The summed E-state index contributed by atoms with van der Waals surface area (Å²) in [7, 11) is 1.66. The molecule has 3 N–H and O–H groups in total. The van der Waals surface area contributed by atoms with Gasteiger partial charge in [0.25, 0.3) is 0 Å². The molecule has 90 valence electrons. The lowest BCUT2D eigenvalue weighted by atomic mass is 10.1. The Bertz CT molecular complexity index is 439. The van der Waals surface area contributed by atoms with Crippen molar-refractivity contribution in [2.75, 3.05) is 19.0 Å². The van der Waals surface area contributed by atoms with E-state index in [-0.39, 0.29) is 6.04 Å². The lowest BCUT2D eigenvalue weighted by Gasteiger charge is -2.17. The number of thiophene rings is 1. The van der Waals surface area contributed by atoms with Gasteiger partial charge in [-0.15, -0.1) is 0 Å². The van der Waals surface area contributed by atoms with Crippen LogP contribution in [-0.2, 0) is 0 Å². The van der Waals surface area contributed by atoms with Crippen LogP contribution in [0.3, 0.4) is 0 Å². The van der Waals surface area contributed by atoms with Gasteiger partial charge in [-0.2, -0.15) is 11.3 Å². The maximum absolute atomic E-state index is 5.79. The molecule has 17 heavy (non-hydrogen) atoms. The van der Waals surface area contributed by atoms with E-state index in [4.69, 9.17) is 10.5 Å². The molecule has 0 aliphatic carbocycles. The molecule has 1 atom stereocenters. The Morgan fingerprint density at radius 2 is 2.06 bits per heavy atom. The van der Waals surface area contributed by atoms with E-state index in [1.807, 2.05) is 24.3 Å². The molecule has 1 unspecified atom stereocenters. The minimum atomic E-state index is 0.162. The van der Waals surface area contributed by atoms with E-state index in [1.54, 1.807) is 18.4 Å². The number of anilines is 1. The quantitative estimate of drug-likeness (QED) is 0.855. The van der Waals surface area contributed by atoms with Gasteiger partial charge in [-0.3, -0.25) is 0 Å². The molecule has 0 fully saturated rings. The summed E-state index contributed by atoms with van der Waals surface area (Å²) in [4.78, 5) is 0. The molecule has 1 heterocycles. The van der Waals surface area contributed by atoms with E-state index in [2.05, 4.69) is 22.1 Å². The number of nitrogens with one attached hydrogen (secondary N) is 1. The van der Waals surface area contributed by atoms with Gasteiger partial charge in [-0.25, -0.2) is 0 Å². The van der Waals surface area contributed by atoms with Gasteiger partial charge >= 0.3 is 0 Å². The third kappa shape index (κ3) is 2.99. The Morgan fingerprint density at radius 1 is 1.29 bits per heavy atom. The highest BCUT2D eigenvalue weighted by Gasteiger charge is 2.09. The average molecular weight is 248 g/mol.